The van der Waals surface area contributed by atoms with Gasteiger partial charge in [0.1, 0.15) is 5.75 Å². The zero-order valence-electron chi connectivity index (χ0n) is 19.0. The van der Waals surface area contributed by atoms with E-state index in [0.29, 0.717) is 19.4 Å². The Labute approximate surface area is 201 Å². The van der Waals surface area contributed by atoms with E-state index in [1.54, 1.807) is 0 Å². The van der Waals surface area contributed by atoms with Gasteiger partial charge < -0.3 is 9.47 Å². The van der Waals surface area contributed by atoms with Crippen molar-refractivity contribution < 1.29 is 14.3 Å². The van der Waals surface area contributed by atoms with Gasteiger partial charge in [0.05, 0.1) is 19.8 Å². The Morgan fingerprint density at radius 2 is 1.79 bits per heavy atom. The zero-order valence-corrected chi connectivity index (χ0v) is 19.8. The Kier molecular flexibility index (Phi) is 8.03. The maximum Gasteiger partial charge on any atom is 0.305 e. The predicted molar refractivity (Wildman–Crippen MR) is 132 cm³/mol. The number of hydrogen-bond donors (Lipinski definition) is 0. The minimum absolute atomic E-state index is 0.187. The van der Waals surface area contributed by atoms with Crippen LogP contribution in [0.5, 0.6) is 5.75 Å². The SMILES string of the molecule is COC(=O)CCc1ccc(OCCCN2CCc3ccccc3C2c2ccc(Cl)cc2)cc1. The molecule has 0 N–H and O–H groups in total. The second-order valence-corrected chi connectivity index (χ2v) is 8.80. The number of methoxy groups -OCH3 is 1. The molecule has 0 amide bonds. The molecule has 1 heterocycles. The summed E-state index contributed by atoms with van der Waals surface area (Å²) in [7, 11) is 1.42. The van der Waals surface area contributed by atoms with Crippen LogP contribution < -0.4 is 4.74 Å². The Hall–Kier alpha value is -2.82. The van der Waals surface area contributed by atoms with E-state index in [1.165, 1.54) is 23.8 Å². The molecule has 3 aromatic carbocycles. The standard InChI is InChI=1S/C28H30ClNO3/c1-32-27(31)16-9-21-7-14-25(15-8-21)33-20-4-18-30-19-17-22-5-2-3-6-26(22)28(30)23-10-12-24(29)13-11-23/h2-3,5-8,10-15,28H,4,9,16-20H2,1H3. The Bertz CT molecular complexity index is 1050. The van der Waals surface area contributed by atoms with Crippen LogP contribution in [-0.4, -0.2) is 37.7 Å². The van der Waals surface area contributed by atoms with Crippen LogP contribution in [0.2, 0.25) is 5.02 Å². The van der Waals surface area contributed by atoms with Gasteiger partial charge in [0, 0.05) is 24.5 Å². The van der Waals surface area contributed by atoms with Crippen LogP contribution in [0.3, 0.4) is 0 Å². The van der Waals surface area contributed by atoms with Crippen LogP contribution in [0.25, 0.3) is 0 Å². The lowest BCUT2D eigenvalue weighted by atomic mass is 9.88. The summed E-state index contributed by atoms with van der Waals surface area (Å²) in [5, 5.41) is 0.763. The van der Waals surface area contributed by atoms with E-state index in [9.17, 15) is 4.79 Å². The molecule has 1 atom stereocenters. The Balaban J connectivity index is 1.33. The minimum atomic E-state index is -0.187. The van der Waals surface area contributed by atoms with Crippen LogP contribution in [-0.2, 0) is 22.4 Å². The third kappa shape index (κ3) is 6.16. The van der Waals surface area contributed by atoms with Crippen molar-refractivity contribution in [3.05, 3.63) is 100 Å². The van der Waals surface area contributed by atoms with Crippen molar-refractivity contribution in [1.29, 1.82) is 0 Å². The summed E-state index contributed by atoms with van der Waals surface area (Å²) in [6.45, 7) is 2.64. The molecule has 0 fully saturated rings. The molecule has 1 aliphatic heterocycles. The number of esters is 1. The van der Waals surface area contributed by atoms with Crippen LogP contribution in [0, 0.1) is 0 Å². The highest BCUT2D eigenvalue weighted by Gasteiger charge is 2.28. The van der Waals surface area contributed by atoms with Crippen molar-refractivity contribution in [2.75, 3.05) is 26.8 Å². The average Bonchev–Trinajstić information content (AvgIpc) is 2.86. The summed E-state index contributed by atoms with van der Waals surface area (Å²) in [6, 6.07) is 25.2. The molecule has 33 heavy (non-hydrogen) atoms. The molecule has 0 aliphatic carbocycles. The van der Waals surface area contributed by atoms with Crippen LogP contribution in [0.15, 0.2) is 72.8 Å². The van der Waals surface area contributed by atoms with E-state index in [-0.39, 0.29) is 12.0 Å². The number of rotatable bonds is 9. The first kappa shape index (κ1) is 23.3. The van der Waals surface area contributed by atoms with Gasteiger partial charge in [-0.15, -0.1) is 0 Å². The quantitative estimate of drug-likeness (QED) is 0.294. The maximum absolute atomic E-state index is 11.3. The highest BCUT2D eigenvalue weighted by atomic mass is 35.5. The fraction of sp³-hybridized carbons (Fsp3) is 0.321. The van der Waals surface area contributed by atoms with Gasteiger partial charge in [0.25, 0.3) is 0 Å². The number of nitrogens with zero attached hydrogens (tertiary/aromatic N) is 1. The molecular formula is C28H30ClNO3. The van der Waals surface area contributed by atoms with E-state index in [4.69, 9.17) is 21.1 Å². The normalized spacial score (nSPS) is 15.6. The first-order valence-electron chi connectivity index (χ1n) is 11.5. The maximum atomic E-state index is 11.3. The molecule has 0 spiro atoms. The predicted octanol–water partition coefficient (Wildman–Crippen LogP) is 5.86. The molecule has 5 heteroatoms. The van der Waals surface area contributed by atoms with Gasteiger partial charge in [0.15, 0.2) is 0 Å². The van der Waals surface area contributed by atoms with Crippen molar-refractivity contribution >= 4 is 17.6 Å². The number of ether oxygens (including phenoxy) is 2. The third-order valence-electron chi connectivity index (χ3n) is 6.20. The second kappa shape index (κ2) is 11.4. The third-order valence-corrected chi connectivity index (χ3v) is 6.45. The molecule has 0 saturated heterocycles. The highest BCUT2D eigenvalue weighted by Crippen LogP contribution is 2.35. The van der Waals surface area contributed by atoms with Gasteiger partial charge in [-0.3, -0.25) is 9.69 Å². The monoisotopic (exact) mass is 463 g/mol. The smallest absolute Gasteiger partial charge is 0.305 e. The van der Waals surface area contributed by atoms with E-state index >= 15 is 0 Å². The minimum Gasteiger partial charge on any atom is -0.494 e. The summed E-state index contributed by atoms with van der Waals surface area (Å²) in [5.74, 6) is 0.669. The Morgan fingerprint density at radius 3 is 2.55 bits per heavy atom. The molecule has 1 aliphatic rings. The number of aryl methyl sites for hydroxylation is 1. The zero-order chi connectivity index (χ0) is 23.0. The number of fused-ring (bicyclic) bond motifs is 1. The summed E-state index contributed by atoms with van der Waals surface area (Å²) in [6.07, 6.45) is 3.07. The van der Waals surface area contributed by atoms with Crippen molar-refractivity contribution in [1.82, 2.24) is 4.90 Å². The highest BCUT2D eigenvalue weighted by molar-refractivity contribution is 6.30. The largest absolute Gasteiger partial charge is 0.494 e. The van der Waals surface area contributed by atoms with Gasteiger partial charge >= 0.3 is 5.97 Å². The molecule has 4 nitrogen and oxygen atoms in total. The number of halogens is 1. The number of carbonyl (C=O) groups excluding carboxylic acids is 1. The van der Waals surface area contributed by atoms with Crippen molar-refractivity contribution in [3.63, 3.8) is 0 Å². The first-order chi connectivity index (χ1) is 16.1. The summed E-state index contributed by atoms with van der Waals surface area (Å²) >= 11 is 6.14. The molecule has 0 aromatic heterocycles. The van der Waals surface area contributed by atoms with Gasteiger partial charge in [-0.2, -0.15) is 0 Å². The van der Waals surface area contributed by atoms with E-state index in [0.717, 1.165) is 42.3 Å². The topological polar surface area (TPSA) is 38.8 Å². The molecule has 3 aromatic rings. The molecule has 0 saturated carbocycles. The second-order valence-electron chi connectivity index (χ2n) is 8.36. The summed E-state index contributed by atoms with van der Waals surface area (Å²) < 4.78 is 10.7. The number of benzene rings is 3. The van der Waals surface area contributed by atoms with Crippen molar-refractivity contribution in [2.45, 2.75) is 31.7 Å². The van der Waals surface area contributed by atoms with E-state index in [2.05, 4.69) is 41.3 Å². The molecule has 0 radical (unpaired) electrons. The Morgan fingerprint density at radius 1 is 1.03 bits per heavy atom. The lowest BCUT2D eigenvalue weighted by molar-refractivity contribution is -0.140. The summed E-state index contributed by atoms with van der Waals surface area (Å²) in [5.41, 5.74) is 5.19. The van der Waals surface area contributed by atoms with Gasteiger partial charge in [-0.1, -0.05) is 60.1 Å². The fourth-order valence-corrected chi connectivity index (χ4v) is 4.58. The fourth-order valence-electron chi connectivity index (χ4n) is 4.45. The van der Waals surface area contributed by atoms with Crippen molar-refractivity contribution in [2.24, 2.45) is 0 Å². The van der Waals surface area contributed by atoms with Crippen LogP contribution in [0.1, 0.15) is 41.1 Å². The molecule has 4 rings (SSSR count). The van der Waals surface area contributed by atoms with Crippen LogP contribution >= 0.6 is 11.6 Å². The first-order valence-corrected chi connectivity index (χ1v) is 11.9. The lowest BCUT2D eigenvalue weighted by Crippen LogP contribution is -2.37. The molecular weight excluding hydrogens is 434 g/mol. The van der Waals surface area contributed by atoms with Gasteiger partial charge in [-0.05, 0) is 65.8 Å². The van der Waals surface area contributed by atoms with E-state index in [1.807, 2.05) is 36.4 Å². The molecule has 172 valence electrons. The average molecular weight is 464 g/mol. The van der Waals surface area contributed by atoms with Crippen molar-refractivity contribution in [3.8, 4) is 5.75 Å². The lowest BCUT2D eigenvalue weighted by Gasteiger charge is -2.37. The number of hydrogen-bond acceptors (Lipinski definition) is 4. The van der Waals surface area contributed by atoms with Crippen LogP contribution in [0.4, 0.5) is 0 Å². The molecule has 1 unspecified atom stereocenters. The van der Waals surface area contributed by atoms with Gasteiger partial charge in [0.2, 0.25) is 0 Å². The molecule has 0 bridgehead atoms. The van der Waals surface area contributed by atoms with E-state index < -0.39 is 0 Å². The van der Waals surface area contributed by atoms with Gasteiger partial charge in [-0.25, -0.2) is 0 Å². The summed E-state index contributed by atoms with van der Waals surface area (Å²) in [4.78, 5) is 13.8. The number of carbonyl (C=O) groups is 1.